The molecule has 8 heteroatoms. The average Bonchev–Trinajstić information content (AvgIpc) is 3.04. The van der Waals surface area contributed by atoms with Crippen LogP contribution in [-0.4, -0.2) is 82.8 Å². The standard InChI is InChI=1S/2C19H29NO3/c2*1-12(2)6-14-10-20-5-4-13-8-19(23-3)15(11-21)7-16(13)17(20)9-18(14)22/h2*7-8,12,14,17-18,21-22H,4-6,9-11H2,1-3H3/t2*14-,17+,18+/m10/s1. The molecular weight excluding hydrogens is 580 g/mol. The van der Waals surface area contributed by atoms with Crippen molar-refractivity contribution >= 4 is 0 Å². The van der Waals surface area contributed by atoms with Crippen molar-refractivity contribution in [3.8, 4) is 11.5 Å². The predicted molar refractivity (Wildman–Crippen MR) is 181 cm³/mol. The van der Waals surface area contributed by atoms with Crippen LogP contribution in [0.25, 0.3) is 0 Å². The number of nitrogens with zero attached hydrogens (tertiary/aromatic N) is 2. The van der Waals surface area contributed by atoms with Crippen LogP contribution < -0.4 is 9.47 Å². The highest BCUT2D eigenvalue weighted by molar-refractivity contribution is 5.46. The summed E-state index contributed by atoms with van der Waals surface area (Å²) in [5, 5.41) is 40.4. The fourth-order valence-corrected chi connectivity index (χ4v) is 8.64. The van der Waals surface area contributed by atoms with Crippen molar-refractivity contribution in [2.45, 2.75) is 104 Å². The van der Waals surface area contributed by atoms with Crippen LogP contribution in [0.3, 0.4) is 0 Å². The summed E-state index contributed by atoms with van der Waals surface area (Å²) in [7, 11) is 3.30. The van der Waals surface area contributed by atoms with Crippen LogP contribution in [0.1, 0.15) is 98.8 Å². The minimum Gasteiger partial charge on any atom is -0.496 e. The van der Waals surface area contributed by atoms with Crippen LogP contribution >= 0.6 is 0 Å². The van der Waals surface area contributed by atoms with Gasteiger partial charge in [0.1, 0.15) is 11.5 Å². The quantitative estimate of drug-likeness (QED) is 0.319. The maximum Gasteiger partial charge on any atom is 0.124 e. The molecule has 2 aromatic rings. The van der Waals surface area contributed by atoms with Gasteiger partial charge in [0.2, 0.25) is 0 Å². The SMILES string of the molecule is COc1cc2c(cc1CO)[C@@H]1C[C@H](O)[C@H](CC(C)C)CN1CC2.COc1cc2c(cc1CO)[C@H]1C[C@@H](O)[C@@H](CC(C)C)CN1CC2. The molecule has 256 valence electrons. The molecule has 0 aromatic heterocycles. The van der Waals surface area contributed by atoms with Gasteiger partial charge in [-0.05, 0) is 109 Å². The van der Waals surface area contributed by atoms with Crippen molar-refractivity contribution in [2.24, 2.45) is 23.7 Å². The van der Waals surface area contributed by atoms with Gasteiger partial charge in [0.25, 0.3) is 0 Å². The number of piperidine rings is 2. The number of hydrogen-bond acceptors (Lipinski definition) is 8. The van der Waals surface area contributed by atoms with E-state index in [4.69, 9.17) is 9.47 Å². The smallest absolute Gasteiger partial charge is 0.124 e. The van der Waals surface area contributed by atoms with Gasteiger partial charge < -0.3 is 29.9 Å². The second-order valence-corrected chi connectivity index (χ2v) is 14.9. The van der Waals surface area contributed by atoms with Crippen LogP contribution in [0.4, 0.5) is 0 Å². The third-order valence-electron chi connectivity index (χ3n) is 10.9. The normalized spacial score (nSPS) is 27.7. The topological polar surface area (TPSA) is 106 Å². The number of fused-ring (bicyclic) bond motifs is 6. The number of ether oxygens (including phenoxy) is 2. The van der Waals surface area contributed by atoms with Gasteiger partial charge in [-0.15, -0.1) is 0 Å². The van der Waals surface area contributed by atoms with Gasteiger partial charge in [-0.2, -0.15) is 0 Å². The monoisotopic (exact) mass is 638 g/mol. The fraction of sp³-hybridized carbons (Fsp3) is 0.684. The lowest BCUT2D eigenvalue weighted by Crippen LogP contribution is -2.48. The fourth-order valence-electron chi connectivity index (χ4n) is 8.64. The lowest BCUT2D eigenvalue weighted by atomic mass is 9.79. The first kappa shape index (κ1) is 35.1. The van der Waals surface area contributed by atoms with Crippen molar-refractivity contribution in [1.29, 1.82) is 0 Å². The molecule has 0 spiro atoms. The van der Waals surface area contributed by atoms with Crippen LogP contribution in [-0.2, 0) is 26.1 Å². The number of hydrogen-bond donors (Lipinski definition) is 4. The van der Waals surface area contributed by atoms with Gasteiger partial charge >= 0.3 is 0 Å². The van der Waals surface area contributed by atoms with E-state index < -0.39 is 0 Å². The third kappa shape index (κ3) is 7.58. The Morgan fingerprint density at radius 3 is 1.39 bits per heavy atom. The Kier molecular flexibility index (Phi) is 11.7. The molecule has 0 aliphatic carbocycles. The van der Waals surface area contributed by atoms with Crippen LogP contribution in [0.5, 0.6) is 11.5 Å². The van der Waals surface area contributed by atoms with E-state index in [1.165, 1.54) is 22.3 Å². The van der Waals surface area contributed by atoms with Crippen LogP contribution in [0, 0.1) is 23.7 Å². The Labute approximate surface area is 276 Å². The van der Waals surface area contributed by atoms with Crippen molar-refractivity contribution in [3.05, 3.63) is 57.6 Å². The van der Waals surface area contributed by atoms with E-state index in [-0.39, 0.29) is 37.5 Å². The summed E-state index contributed by atoms with van der Waals surface area (Å²) >= 11 is 0. The highest BCUT2D eigenvalue weighted by Gasteiger charge is 2.40. The predicted octanol–water partition coefficient (Wildman–Crippen LogP) is 5.03. The number of methoxy groups -OCH3 is 2. The van der Waals surface area contributed by atoms with Crippen molar-refractivity contribution in [2.75, 3.05) is 40.4 Å². The molecule has 2 saturated heterocycles. The first-order valence-corrected chi connectivity index (χ1v) is 17.5. The average molecular weight is 639 g/mol. The molecule has 4 aliphatic rings. The molecule has 0 bridgehead atoms. The van der Waals surface area contributed by atoms with Crippen LogP contribution in [0.2, 0.25) is 0 Å². The Hall–Kier alpha value is -2.20. The summed E-state index contributed by atoms with van der Waals surface area (Å²) < 4.78 is 10.8. The summed E-state index contributed by atoms with van der Waals surface area (Å²) in [6.07, 6.45) is 5.32. The zero-order chi connectivity index (χ0) is 33.1. The maximum absolute atomic E-state index is 10.6. The van der Waals surface area contributed by atoms with Crippen molar-refractivity contribution in [3.63, 3.8) is 0 Å². The third-order valence-corrected chi connectivity index (χ3v) is 10.9. The molecule has 0 unspecified atom stereocenters. The molecule has 2 fully saturated rings. The lowest BCUT2D eigenvalue weighted by molar-refractivity contribution is -0.0192. The number of rotatable bonds is 8. The number of aliphatic hydroxyl groups is 4. The molecule has 0 radical (unpaired) electrons. The Morgan fingerprint density at radius 1 is 0.674 bits per heavy atom. The molecular formula is C38H58N2O6. The van der Waals surface area contributed by atoms with E-state index in [9.17, 15) is 20.4 Å². The highest BCUT2D eigenvalue weighted by Crippen LogP contribution is 2.43. The number of aliphatic hydroxyl groups excluding tert-OH is 4. The second-order valence-electron chi connectivity index (χ2n) is 14.9. The van der Waals surface area contributed by atoms with E-state index in [1.807, 2.05) is 0 Å². The van der Waals surface area contributed by atoms with E-state index in [0.717, 1.165) is 87.3 Å². The first-order valence-electron chi connectivity index (χ1n) is 17.5. The summed E-state index contributed by atoms with van der Waals surface area (Å²) in [5.74, 6) is 3.54. The van der Waals surface area contributed by atoms with E-state index in [2.05, 4.69) is 61.8 Å². The Bertz CT molecular complexity index is 1220. The highest BCUT2D eigenvalue weighted by atomic mass is 16.5. The zero-order valence-corrected chi connectivity index (χ0v) is 28.9. The minimum atomic E-state index is -0.232. The molecule has 0 amide bonds. The number of benzene rings is 2. The maximum atomic E-state index is 10.6. The second kappa shape index (κ2) is 15.3. The van der Waals surface area contributed by atoms with Crippen molar-refractivity contribution in [1.82, 2.24) is 9.80 Å². The van der Waals surface area contributed by atoms with Gasteiger partial charge in [0.15, 0.2) is 0 Å². The summed E-state index contributed by atoms with van der Waals surface area (Å²) in [4.78, 5) is 5.05. The largest absolute Gasteiger partial charge is 0.496 e. The molecule has 4 heterocycles. The zero-order valence-electron chi connectivity index (χ0n) is 28.9. The van der Waals surface area contributed by atoms with Gasteiger partial charge in [-0.25, -0.2) is 0 Å². The summed E-state index contributed by atoms with van der Waals surface area (Å²) in [6, 6.07) is 8.86. The van der Waals surface area contributed by atoms with E-state index in [0.29, 0.717) is 23.7 Å². The van der Waals surface area contributed by atoms with Crippen molar-refractivity contribution < 1.29 is 29.9 Å². The van der Waals surface area contributed by atoms with Gasteiger partial charge in [0.05, 0.1) is 39.6 Å². The summed E-state index contributed by atoms with van der Waals surface area (Å²) in [5.41, 5.74) is 6.81. The van der Waals surface area contributed by atoms with Gasteiger partial charge in [-0.3, -0.25) is 9.80 Å². The Balaban J connectivity index is 0.000000181. The molecule has 6 rings (SSSR count). The molecule has 4 N–H and O–H groups in total. The molecule has 4 aliphatic heterocycles. The Morgan fingerprint density at radius 2 is 1.07 bits per heavy atom. The van der Waals surface area contributed by atoms with Crippen LogP contribution in [0.15, 0.2) is 24.3 Å². The molecule has 8 nitrogen and oxygen atoms in total. The lowest BCUT2D eigenvalue weighted by Gasteiger charge is -2.46. The first-order chi connectivity index (χ1) is 22.1. The summed E-state index contributed by atoms with van der Waals surface area (Å²) in [6.45, 7) is 12.9. The van der Waals surface area contributed by atoms with E-state index >= 15 is 0 Å². The molecule has 2 aromatic carbocycles. The van der Waals surface area contributed by atoms with Gasteiger partial charge in [-0.1, -0.05) is 27.7 Å². The van der Waals surface area contributed by atoms with Gasteiger partial charge in [0, 0.05) is 49.4 Å². The minimum absolute atomic E-state index is 0.0122. The molecule has 0 saturated carbocycles. The molecule has 46 heavy (non-hydrogen) atoms. The van der Waals surface area contributed by atoms with E-state index in [1.54, 1.807) is 14.2 Å². The molecule has 6 atom stereocenters.